The molecule has 1 aliphatic rings. The van der Waals surface area contributed by atoms with Crippen LogP contribution in [0.2, 0.25) is 10.0 Å². The van der Waals surface area contributed by atoms with Crippen LogP contribution in [-0.4, -0.2) is 39.2 Å². The molecular weight excluding hydrogens is 475 g/mol. The van der Waals surface area contributed by atoms with Crippen molar-refractivity contribution in [1.82, 2.24) is 9.55 Å². The second kappa shape index (κ2) is 11.0. The van der Waals surface area contributed by atoms with Crippen LogP contribution in [0.4, 0.5) is 0 Å². The van der Waals surface area contributed by atoms with Gasteiger partial charge in [-0.3, -0.25) is 0 Å². The average Bonchev–Trinajstić information content (AvgIpc) is 3.43. The first-order valence-corrected chi connectivity index (χ1v) is 10.3. The van der Waals surface area contributed by atoms with E-state index in [0.717, 1.165) is 0 Å². The van der Waals surface area contributed by atoms with Gasteiger partial charge in [0.25, 0.3) is 5.09 Å². The Labute approximate surface area is 198 Å². The third-order valence-electron chi connectivity index (χ3n) is 4.58. The van der Waals surface area contributed by atoms with Crippen LogP contribution < -0.4 is 4.74 Å². The number of halogens is 2. The molecule has 1 aliphatic heterocycles. The summed E-state index contributed by atoms with van der Waals surface area (Å²) < 4.78 is 20.1. The molecule has 12 heteroatoms. The van der Waals surface area contributed by atoms with Crippen molar-refractivity contribution in [1.29, 1.82) is 5.26 Å². The van der Waals surface area contributed by atoms with Crippen LogP contribution in [0.25, 0.3) is 0 Å². The minimum atomic E-state index is -1.50. The van der Waals surface area contributed by atoms with Crippen molar-refractivity contribution in [2.75, 3.05) is 13.2 Å². The first-order chi connectivity index (χ1) is 15.8. The summed E-state index contributed by atoms with van der Waals surface area (Å²) in [6.45, 7) is 0.900. The normalized spacial score (nSPS) is 19.2. The van der Waals surface area contributed by atoms with Crippen molar-refractivity contribution in [2.24, 2.45) is 0 Å². The van der Waals surface area contributed by atoms with Crippen LogP contribution in [0.15, 0.2) is 61.2 Å². The SMILES string of the molecule is N#Cc1ccccc1OCC1COC(Cn2ccnc2)(c2ccc(Cl)cc2Cl)O1.O=[N+]([O-])O. The van der Waals surface area contributed by atoms with E-state index in [1.54, 1.807) is 48.9 Å². The van der Waals surface area contributed by atoms with E-state index in [0.29, 0.717) is 40.1 Å². The van der Waals surface area contributed by atoms with Gasteiger partial charge in [0.2, 0.25) is 5.79 Å². The second-order valence-electron chi connectivity index (χ2n) is 6.82. The fourth-order valence-electron chi connectivity index (χ4n) is 3.24. The van der Waals surface area contributed by atoms with Crippen molar-refractivity contribution in [3.8, 4) is 11.8 Å². The van der Waals surface area contributed by atoms with E-state index < -0.39 is 10.9 Å². The summed E-state index contributed by atoms with van der Waals surface area (Å²) in [6.07, 6.45) is 4.85. The Bertz CT molecular complexity index is 1130. The predicted molar refractivity (Wildman–Crippen MR) is 117 cm³/mol. The van der Waals surface area contributed by atoms with Gasteiger partial charge in [0.15, 0.2) is 0 Å². The van der Waals surface area contributed by atoms with Crippen molar-refractivity contribution >= 4 is 23.2 Å². The van der Waals surface area contributed by atoms with Crippen LogP contribution >= 0.6 is 23.2 Å². The maximum absolute atomic E-state index is 9.22. The van der Waals surface area contributed by atoms with Crippen molar-refractivity contribution < 1.29 is 24.5 Å². The highest BCUT2D eigenvalue weighted by Crippen LogP contribution is 2.40. The van der Waals surface area contributed by atoms with Crippen LogP contribution in [0.5, 0.6) is 5.75 Å². The van der Waals surface area contributed by atoms with Crippen molar-refractivity contribution in [2.45, 2.75) is 18.4 Å². The molecule has 0 aliphatic carbocycles. The third kappa shape index (κ3) is 6.34. The molecule has 2 aromatic carbocycles. The molecule has 0 spiro atoms. The number of aromatic nitrogens is 2. The Morgan fingerprint density at radius 1 is 1.36 bits per heavy atom. The lowest BCUT2D eigenvalue weighted by molar-refractivity contribution is -0.742. The number of imidazole rings is 1. The van der Waals surface area contributed by atoms with Gasteiger partial charge in [0.1, 0.15) is 24.5 Å². The number of benzene rings is 2. The number of nitrogens with zero attached hydrogens (tertiary/aromatic N) is 4. The molecule has 10 nitrogen and oxygen atoms in total. The minimum Gasteiger partial charge on any atom is -0.489 e. The molecule has 3 aromatic rings. The molecule has 1 fully saturated rings. The van der Waals surface area contributed by atoms with E-state index in [1.165, 1.54) is 0 Å². The Morgan fingerprint density at radius 2 is 2.12 bits per heavy atom. The van der Waals surface area contributed by atoms with Gasteiger partial charge in [-0.1, -0.05) is 41.4 Å². The van der Waals surface area contributed by atoms with Crippen LogP contribution in [0.3, 0.4) is 0 Å². The molecule has 0 radical (unpaired) electrons. The molecule has 1 N–H and O–H groups in total. The Kier molecular flexibility index (Phi) is 8.08. The van der Waals surface area contributed by atoms with Gasteiger partial charge >= 0.3 is 0 Å². The summed E-state index contributed by atoms with van der Waals surface area (Å²) in [5.74, 6) is -0.597. The smallest absolute Gasteiger partial charge is 0.291 e. The van der Waals surface area contributed by atoms with Crippen LogP contribution in [-0.2, 0) is 21.8 Å². The summed E-state index contributed by atoms with van der Waals surface area (Å²) in [6, 6.07) is 14.4. The quantitative estimate of drug-likeness (QED) is 0.402. The zero-order valence-electron chi connectivity index (χ0n) is 17.0. The maximum Gasteiger partial charge on any atom is 0.291 e. The lowest BCUT2D eigenvalue weighted by atomic mass is 10.1. The first kappa shape index (κ1) is 24.3. The molecule has 2 unspecified atom stereocenters. The average molecular weight is 493 g/mol. The second-order valence-corrected chi connectivity index (χ2v) is 7.66. The molecule has 33 heavy (non-hydrogen) atoms. The molecule has 172 valence electrons. The van der Waals surface area contributed by atoms with Crippen molar-refractivity contribution in [3.05, 3.63) is 92.5 Å². The predicted octanol–water partition coefficient (Wildman–Crippen LogP) is 4.06. The highest BCUT2D eigenvalue weighted by atomic mass is 35.5. The number of rotatable bonds is 6. The monoisotopic (exact) mass is 492 g/mol. The molecular formula is C21H18Cl2N4O6. The van der Waals surface area contributed by atoms with Crippen LogP contribution in [0, 0.1) is 21.4 Å². The largest absolute Gasteiger partial charge is 0.489 e. The topological polar surface area (TPSA) is 133 Å². The van der Waals surface area contributed by atoms with E-state index in [4.69, 9.17) is 52.7 Å². The van der Waals surface area contributed by atoms with E-state index in [2.05, 4.69) is 11.1 Å². The summed E-state index contributed by atoms with van der Waals surface area (Å²) in [5, 5.41) is 23.8. The fourth-order valence-corrected chi connectivity index (χ4v) is 3.80. The van der Waals surface area contributed by atoms with Crippen molar-refractivity contribution in [3.63, 3.8) is 0 Å². The van der Waals surface area contributed by atoms with Gasteiger partial charge in [-0.2, -0.15) is 5.26 Å². The Balaban J connectivity index is 0.000000709. The first-order valence-electron chi connectivity index (χ1n) is 9.51. The van der Waals surface area contributed by atoms with Gasteiger partial charge in [0, 0.05) is 23.0 Å². The molecule has 0 amide bonds. The highest BCUT2D eigenvalue weighted by molar-refractivity contribution is 6.35. The molecule has 1 aromatic heterocycles. The molecule has 2 atom stereocenters. The number of hydrogen-bond acceptors (Lipinski definition) is 7. The summed E-state index contributed by atoms with van der Waals surface area (Å²) in [7, 11) is 0. The number of ether oxygens (including phenoxy) is 3. The van der Waals surface area contributed by atoms with Gasteiger partial charge in [0.05, 0.1) is 30.1 Å². The Morgan fingerprint density at radius 3 is 2.79 bits per heavy atom. The lowest BCUT2D eigenvalue weighted by Gasteiger charge is -2.30. The fraction of sp³-hybridized carbons (Fsp3) is 0.238. The number of para-hydroxylation sites is 1. The van der Waals surface area contributed by atoms with Gasteiger partial charge < -0.3 is 24.0 Å². The van der Waals surface area contributed by atoms with Gasteiger partial charge in [-0.05, 0) is 24.3 Å². The van der Waals surface area contributed by atoms with E-state index >= 15 is 0 Å². The standard InChI is InChI=1S/C21H17Cl2N3O3.HNO3/c22-16-5-6-18(19(23)9-16)21(13-26-8-7-25-14-26)28-12-17(29-21)11-27-20-4-2-1-3-15(20)10-24;2-1(3)4/h1-9,14,17H,11-13H2;(H,2,3,4). The highest BCUT2D eigenvalue weighted by Gasteiger charge is 2.45. The molecule has 1 saturated heterocycles. The third-order valence-corrected chi connectivity index (χ3v) is 5.13. The minimum absolute atomic E-state index is 0.232. The number of hydrogen-bond donors (Lipinski definition) is 1. The van der Waals surface area contributed by atoms with E-state index in [-0.39, 0.29) is 12.7 Å². The molecule has 4 rings (SSSR count). The number of nitriles is 1. The van der Waals surface area contributed by atoms with E-state index in [1.807, 2.05) is 16.8 Å². The zero-order valence-corrected chi connectivity index (χ0v) is 18.5. The Hall–Kier alpha value is -3.36. The summed E-state index contributed by atoms with van der Waals surface area (Å²) >= 11 is 12.5. The molecule has 2 heterocycles. The lowest BCUT2D eigenvalue weighted by Crippen LogP contribution is -2.34. The van der Waals surface area contributed by atoms with E-state index in [9.17, 15) is 5.26 Å². The summed E-state index contributed by atoms with van der Waals surface area (Å²) in [4.78, 5) is 12.4. The van der Waals surface area contributed by atoms with Crippen LogP contribution in [0.1, 0.15) is 11.1 Å². The summed E-state index contributed by atoms with van der Waals surface area (Å²) in [5.41, 5.74) is 1.15. The molecule has 0 bridgehead atoms. The maximum atomic E-state index is 9.22. The molecule has 0 saturated carbocycles. The zero-order chi connectivity index (χ0) is 23.8. The van der Waals surface area contributed by atoms with Gasteiger partial charge in [-0.15, -0.1) is 10.1 Å². The van der Waals surface area contributed by atoms with Gasteiger partial charge in [-0.25, -0.2) is 4.98 Å².